The Bertz CT molecular complexity index is 1730. The van der Waals surface area contributed by atoms with Crippen LogP contribution in [0, 0.1) is 19.7 Å². The van der Waals surface area contributed by atoms with Gasteiger partial charge in [-0.05, 0) is 72.0 Å². The minimum atomic E-state index is -0.901. The number of anilines is 2. The van der Waals surface area contributed by atoms with Gasteiger partial charge in [-0.25, -0.2) is 14.4 Å². The molecule has 202 valence electrons. The van der Waals surface area contributed by atoms with Crippen molar-refractivity contribution in [1.29, 1.82) is 0 Å². The van der Waals surface area contributed by atoms with Crippen LogP contribution in [0.5, 0.6) is 5.75 Å². The number of carbonyl (C=O) groups is 1. The van der Waals surface area contributed by atoms with Crippen LogP contribution in [0.4, 0.5) is 16.0 Å². The summed E-state index contributed by atoms with van der Waals surface area (Å²) < 4.78 is 21.3. The zero-order valence-corrected chi connectivity index (χ0v) is 22.7. The van der Waals surface area contributed by atoms with Crippen LogP contribution < -0.4 is 9.64 Å². The second kappa shape index (κ2) is 10.3. The lowest BCUT2D eigenvalue weighted by Gasteiger charge is -2.33. The highest BCUT2D eigenvalue weighted by Gasteiger charge is 2.30. The van der Waals surface area contributed by atoms with Gasteiger partial charge in [-0.1, -0.05) is 35.9 Å². The standard InChI is InChI=1S/C31H26ClFN4O3/c1-18-13-26-28(21-5-7-22(32)8-6-21)25(14-27(38)39)19(2)29-30(26)36(18)11-12-37(29)31-34-15-24(16-35-31)40-17-20-3-9-23(33)10-4-20/h3-10,13,15-16H,11-12,14,17H2,1-2H3,(H,38,39). The normalized spacial score (nSPS) is 12.7. The summed E-state index contributed by atoms with van der Waals surface area (Å²) in [6, 6.07) is 15.8. The summed E-state index contributed by atoms with van der Waals surface area (Å²) in [5, 5.41) is 11.5. The van der Waals surface area contributed by atoms with Gasteiger partial charge in [0, 0.05) is 29.2 Å². The number of carboxylic acid groups (broad SMARTS) is 1. The van der Waals surface area contributed by atoms with Crippen molar-refractivity contribution >= 4 is 40.1 Å². The van der Waals surface area contributed by atoms with E-state index in [-0.39, 0.29) is 18.8 Å². The van der Waals surface area contributed by atoms with Gasteiger partial charge in [-0.3, -0.25) is 4.79 Å². The number of rotatable bonds is 7. The lowest BCUT2D eigenvalue weighted by molar-refractivity contribution is -0.136. The molecule has 0 saturated carbocycles. The van der Waals surface area contributed by atoms with E-state index in [9.17, 15) is 14.3 Å². The zero-order chi connectivity index (χ0) is 28.0. The molecule has 1 aliphatic rings. The van der Waals surface area contributed by atoms with E-state index in [4.69, 9.17) is 16.3 Å². The van der Waals surface area contributed by atoms with Gasteiger partial charge >= 0.3 is 5.97 Å². The number of ether oxygens (including phenoxy) is 1. The van der Waals surface area contributed by atoms with Gasteiger partial charge in [-0.2, -0.15) is 0 Å². The first-order chi connectivity index (χ1) is 19.3. The molecular weight excluding hydrogens is 531 g/mol. The van der Waals surface area contributed by atoms with E-state index in [2.05, 4.69) is 32.4 Å². The third-order valence-electron chi connectivity index (χ3n) is 7.36. The van der Waals surface area contributed by atoms with E-state index < -0.39 is 5.97 Å². The fraction of sp³-hybridized carbons (Fsp3) is 0.194. The topological polar surface area (TPSA) is 80.5 Å². The summed E-state index contributed by atoms with van der Waals surface area (Å²) >= 11 is 6.17. The highest BCUT2D eigenvalue weighted by Crippen LogP contribution is 2.46. The molecule has 3 aromatic carbocycles. The second-order valence-corrected chi connectivity index (χ2v) is 10.3. The van der Waals surface area contributed by atoms with Crippen LogP contribution in [0.1, 0.15) is 22.4 Å². The number of aromatic nitrogens is 3. The maximum absolute atomic E-state index is 13.2. The number of benzene rings is 3. The van der Waals surface area contributed by atoms with Crippen molar-refractivity contribution < 1.29 is 19.0 Å². The Morgan fingerprint density at radius 1 is 1.05 bits per heavy atom. The molecule has 40 heavy (non-hydrogen) atoms. The van der Waals surface area contributed by atoms with E-state index in [0.29, 0.717) is 23.3 Å². The van der Waals surface area contributed by atoms with Crippen LogP contribution in [-0.4, -0.2) is 32.2 Å². The number of hydrogen-bond acceptors (Lipinski definition) is 5. The lowest BCUT2D eigenvalue weighted by Crippen LogP contribution is -2.30. The average molecular weight is 557 g/mol. The number of nitrogens with zero attached hydrogens (tertiary/aromatic N) is 4. The molecule has 7 nitrogen and oxygen atoms in total. The van der Waals surface area contributed by atoms with Gasteiger partial charge in [0.1, 0.15) is 12.4 Å². The molecular formula is C31H26ClFN4O3. The fourth-order valence-corrected chi connectivity index (χ4v) is 5.64. The van der Waals surface area contributed by atoms with Crippen LogP contribution in [-0.2, 0) is 24.4 Å². The van der Waals surface area contributed by atoms with E-state index in [0.717, 1.165) is 56.6 Å². The quantitative estimate of drug-likeness (QED) is 0.236. The van der Waals surface area contributed by atoms with Gasteiger partial charge < -0.3 is 19.3 Å². The van der Waals surface area contributed by atoms with Crippen molar-refractivity contribution in [3.63, 3.8) is 0 Å². The van der Waals surface area contributed by atoms with E-state index in [1.165, 1.54) is 12.1 Å². The molecule has 0 radical (unpaired) electrons. The highest BCUT2D eigenvalue weighted by molar-refractivity contribution is 6.30. The Morgan fingerprint density at radius 2 is 1.75 bits per heavy atom. The van der Waals surface area contributed by atoms with Crippen molar-refractivity contribution in [2.75, 3.05) is 11.4 Å². The largest absolute Gasteiger partial charge is 0.486 e. The maximum Gasteiger partial charge on any atom is 0.307 e. The Hall–Kier alpha value is -4.43. The predicted octanol–water partition coefficient (Wildman–Crippen LogP) is 6.87. The minimum absolute atomic E-state index is 0.123. The molecule has 5 aromatic rings. The van der Waals surface area contributed by atoms with Gasteiger partial charge in [-0.15, -0.1) is 0 Å². The summed E-state index contributed by atoms with van der Waals surface area (Å²) in [4.78, 5) is 23.3. The van der Waals surface area contributed by atoms with E-state index in [1.54, 1.807) is 24.5 Å². The number of aryl methyl sites for hydroxylation is 1. The van der Waals surface area contributed by atoms with Crippen LogP contribution in [0.2, 0.25) is 5.02 Å². The van der Waals surface area contributed by atoms with Crippen molar-refractivity contribution in [2.45, 2.75) is 33.4 Å². The first-order valence-corrected chi connectivity index (χ1v) is 13.3. The van der Waals surface area contributed by atoms with Crippen molar-refractivity contribution in [3.05, 3.63) is 100 Å². The van der Waals surface area contributed by atoms with E-state index in [1.807, 2.05) is 31.2 Å². The molecule has 9 heteroatoms. The number of halogens is 2. The van der Waals surface area contributed by atoms with Crippen LogP contribution in [0.15, 0.2) is 67.0 Å². The smallest absolute Gasteiger partial charge is 0.307 e. The summed E-state index contributed by atoms with van der Waals surface area (Å²) in [6.07, 6.45) is 3.12. The maximum atomic E-state index is 13.2. The molecule has 3 heterocycles. The molecule has 6 rings (SSSR count). The predicted molar refractivity (Wildman–Crippen MR) is 153 cm³/mol. The van der Waals surface area contributed by atoms with Gasteiger partial charge in [0.05, 0.1) is 30.0 Å². The first kappa shape index (κ1) is 25.8. The Morgan fingerprint density at radius 3 is 2.42 bits per heavy atom. The first-order valence-electron chi connectivity index (χ1n) is 12.9. The molecule has 0 saturated heterocycles. The summed E-state index contributed by atoms with van der Waals surface area (Å²) in [7, 11) is 0. The Kier molecular flexibility index (Phi) is 6.64. The molecule has 0 unspecified atom stereocenters. The molecule has 1 aliphatic heterocycles. The monoisotopic (exact) mass is 556 g/mol. The molecule has 0 amide bonds. The molecule has 0 spiro atoms. The zero-order valence-electron chi connectivity index (χ0n) is 22.0. The minimum Gasteiger partial charge on any atom is -0.486 e. The van der Waals surface area contributed by atoms with Gasteiger partial charge in [0.15, 0.2) is 5.75 Å². The molecule has 0 bridgehead atoms. The average Bonchev–Trinajstić information content (AvgIpc) is 3.28. The second-order valence-electron chi connectivity index (χ2n) is 9.89. The molecule has 2 aromatic heterocycles. The summed E-state index contributed by atoms with van der Waals surface area (Å²) in [5.74, 6) is -0.196. The van der Waals surface area contributed by atoms with Crippen molar-refractivity contribution in [3.8, 4) is 16.9 Å². The molecule has 0 atom stereocenters. The summed E-state index contributed by atoms with van der Waals surface area (Å²) in [6.45, 7) is 5.66. The summed E-state index contributed by atoms with van der Waals surface area (Å²) in [5.41, 5.74) is 7.32. The SMILES string of the molecule is Cc1c(CC(=O)O)c(-c2ccc(Cl)cc2)c2cc(C)n3c2c1N(c1ncc(OCc2ccc(F)cc2)cn1)CC3. The van der Waals surface area contributed by atoms with Gasteiger partial charge in [0.2, 0.25) is 5.95 Å². The lowest BCUT2D eigenvalue weighted by atomic mass is 9.88. The van der Waals surface area contributed by atoms with Crippen LogP contribution in [0.3, 0.4) is 0 Å². The number of aliphatic carboxylic acids is 1. The third-order valence-corrected chi connectivity index (χ3v) is 7.61. The van der Waals surface area contributed by atoms with Crippen molar-refractivity contribution in [1.82, 2.24) is 14.5 Å². The molecule has 0 fully saturated rings. The number of hydrogen-bond donors (Lipinski definition) is 1. The molecule has 1 N–H and O–H groups in total. The Labute approximate surface area is 235 Å². The van der Waals surface area contributed by atoms with Crippen LogP contribution in [0.25, 0.3) is 22.0 Å². The van der Waals surface area contributed by atoms with Crippen LogP contribution >= 0.6 is 11.6 Å². The van der Waals surface area contributed by atoms with Crippen molar-refractivity contribution in [2.24, 2.45) is 0 Å². The molecule has 0 aliphatic carbocycles. The fourth-order valence-electron chi connectivity index (χ4n) is 5.51. The highest BCUT2D eigenvalue weighted by atomic mass is 35.5. The number of carboxylic acids is 1. The van der Waals surface area contributed by atoms with E-state index >= 15 is 0 Å². The van der Waals surface area contributed by atoms with Gasteiger partial charge in [0.25, 0.3) is 0 Å². The third kappa shape index (κ3) is 4.64. The Balaban J connectivity index is 1.42.